The molecule has 4 atom stereocenters. The molecule has 1 spiro atoms. The lowest BCUT2D eigenvalue weighted by Crippen LogP contribution is -2.61. The second-order valence-electron chi connectivity index (χ2n) is 15.0. The summed E-state index contributed by atoms with van der Waals surface area (Å²) in [5.41, 5.74) is -3.53. The number of rotatable bonds is 7. The maximum absolute atomic E-state index is 13.6. The number of aromatic nitrogens is 2. The third-order valence-electron chi connectivity index (χ3n) is 9.29. The van der Waals surface area contributed by atoms with E-state index in [9.17, 15) is 27.6 Å². The average Bonchev–Trinajstić information content (AvgIpc) is 3.30. The largest absolute Gasteiger partial charge is 0.406 e. The summed E-state index contributed by atoms with van der Waals surface area (Å²) in [6.07, 6.45) is -3.03. The lowest BCUT2D eigenvalue weighted by molar-refractivity contribution is -0.147. The zero-order valence-corrected chi connectivity index (χ0v) is 31.8. The molecule has 2 aliphatic rings. The molecule has 3 heterocycles. The number of nitrogens with zero attached hydrogens (tertiary/aromatic N) is 2. The molecule has 0 radical (unpaired) electrons. The van der Waals surface area contributed by atoms with E-state index in [1.54, 1.807) is 0 Å². The summed E-state index contributed by atoms with van der Waals surface area (Å²) in [6.45, 7) is 26.0. The number of urea groups is 1. The minimum absolute atomic E-state index is 0.0427. The third kappa shape index (κ3) is 6.95. The van der Waals surface area contributed by atoms with Crippen LogP contribution in [0.2, 0.25) is 36.3 Å². The molecule has 46 heavy (non-hydrogen) atoms. The molecule has 3 amide bonds. The second kappa shape index (κ2) is 12.1. The summed E-state index contributed by atoms with van der Waals surface area (Å²) in [6, 6.07) is -1.06. The lowest BCUT2D eigenvalue weighted by Gasteiger charge is -2.45. The van der Waals surface area contributed by atoms with Crippen molar-refractivity contribution in [3.63, 3.8) is 0 Å². The van der Waals surface area contributed by atoms with Crippen LogP contribution in [-0.2, 0) is 39.7 Å². The van der Waals surface area contributed by atoms with Crippen LogP contribution in [0.3, 0.4) is 0 Å². The van der Waals surface area contributed by atoms with Crippen LogP contribution in [0.15, 0.2) is 39.0 Å². The van der Waals surface area contributed by atoms with Crippen molar-refractivity contribution < 1.29 is 35.8 Å². The minimum atomic E-state index is -4.52. The van der Waals surface area contributed by atoms with Gasteiger partial charge in [-0.05, 0) is 50.1 Å². The van der Waals surface area contributed by atoms with E-state index in [2.05, 4.69) is 17.2 Å². The first kappa shape index (κ1) is 37.8. The number of hydrogen-bond donors (Lipinski definition) is 2. The predicted octanol–water partition coefficient (Wildman–Crippen LogP) is 3.46. The van der Waals surface area contributed by atoms with Gasteiger partial charge in [-0.15, -0.1) is 0 Å². The molecule has 1 fully saturated rings. The Kier molecular flexibility index (Phi) is 9.93. The van der Waals surface area contributed by atoms with E-state index in [1.165, 1.54) is 27.1 Å². The first-order valence-corrected chi connectivity index (χ1v) is 22.1. The fourth-order valence-electron chi connectivity index (χ4n) is 4.44. The smallest absolute Gasteiger partial charge is 0.332 e. The Morgan fingerprint density at radius 2 is 1.54 bits per heavy atom. The Hall–Kier alpha value is -2.68. The van der Waals surface area contributed by atoms with E-state index in [1.807, 2.05) is 67.7 Å². The van der Waals surface area contributed by atoms with E-state index in [0.717, 1.165) is 14.5 Å². The van der Waals surface area contributed by atoms with Gasteiger partial charge in [-0.1, -0.05) is 48.1 Å². The molecular weight excluding hydrogens is 653 g/mol. The van der Waals surface area contributed by atoms with Crippen molar-refractivity contribution in [2.24, 2.45) is 7.05 Å². The highest BCUT2D eigenvalue weighted by Crippen LogP contribution is 2.54. The Morgan fingerprint density at radius 3 is 2.04 bits per heavy atom. The Morgan fingerprint density at radius 1 is 1.02 bits per heavy atom. The van der Waals surface area contributed by atoms with Gasteiger partial charge in [0.05, 0.1) is 11.1 Å². The number of carbonyl (C=O) groups excluding carboxylic acids is 2. The van der Waals surface area contributed by atoms with Gasteiger partial charge in [-0.3, -0.25) is 24.0 Å². The summed E-state index contributed by atoms with van der Waals surface area (Å²) >= 11 is 0. The molecule has 14 nitrogen and oxygen atoms in total. The number of hydrogen-bond acceptors (Lipinski definition) is 10. The first-order valence-electron chi connectivity index (χ1n) is 14.8. The molecule has 1 saturated heterocycles. The predicted molar refractivity (Wildman–Crippen MR) is 177 cm³/mol. The molecule has 2 N–H and O–H groups in total. The second-order valence-corrected chi connectivity index (χ2v) is 25.9. The van der Waals surface area contributed by atoms with Gasteiger partial charge in [0.15, 0.2) is 29.2 Å². The molecule has 0 aromatic carbocycles. The van der Waals surface area contributed by atoms with Gasteiger partial charge >= 0.3 is 11.7 Å². The normalized spacial score (nSPS) is 25.0. The maximum atomic E-state index is 13.6. The van der Waals surface area contributed by atoms with Crippen molar-refractivity contribution in [3.05, 3.63) is 55.9 Å². The molecule has 3 rings (SSSR count). The zero-order chi connectivity index (χ0) is 35.6. The number of amides is 3. The molecule has 1 aromatic heterocycles. The van der Waals surface area contributed by atoms with Gasteiger partial charge in [0, 0.05) is 24.4 Å². The van der Waals surface area contributed by atoms with E-state index < -0.39 is 84.2 Å². The van der Waals surface area contributed by atoms with Crippen LogP contribution in [0.1, 0.15) is 60.3 Å². The highest BCUT2D eigenvalue weighted by Gasteiger charge is 2.69. The topological polar surface area (TPSA) is 173 Å². The van der Waals surface area contributed by atoms with Crippen molar-refractivity contribution in [2.45, 2.75) is 116 Å². The molecule has 17 heteroatoms. The Labute approximate surface area is 272 Å². The average molecular weight is 701 g/mol. The van der Waals surface area contributed by atoms with Gasteiger partial charge in [-0.25, -0.2) is 13.8 Å². The van der Waals surface area contributed by atoms with Crippen molar-refractivity contribution in [2.75, 3.05) is 0 Å². The zero-order valence-electron chi connectivity index (χ0n) is 29.0. The molecule has 2 aliphatic heterocycles. The summed E-state index contributed by atoms with van der Waals surface area (Å²) < 4.78 is 54.9. The monoisotopic (exact) mass is 700 g/mol. The standard InChI is InChI=1S/C29H48N4O10SSi2/c1-17(2)21(34)31-25(36)30-19-16-44(38,39)43-29(19)20(41-45(11,12)27(4,5)6)23(33-15-18(3)22(35)32(10)26(33)37)40-24(29)42-46(13,14)28(7,8)9/h15-16,20,23-24H,1H2,2-14H3,(H2,30,31,34,36)/t20?,23-,24?,29?/m1/s1. The maximum Gasteiger partial charge on any atom is 0.332 e. The number of aryl methyl sites for hydroxylation is 1. The molecule has 3 unspecified atom stereocenters. The van der Waals surface area contributed by atoms with E-state index in [0.29, 0.717) is 0 Å². The summed E-state index contributed by atoms with van der Waals surface area (Å²) in [4.78, 5) is 51.7. The van der Waals surface area contributed by atoms with Crippen LogP contribution in [0.5, 0.6) is 0 Å². The fraction of sp³-hybridized carbons (Fsp3) is 0.655. The van der Waals surface area contributed by atoms with Crippen LogP contribution in [0.4, 0.5) is 4.79 Å². The van der Waals surface area contributed by atoms with Gasteiger partial charge in [0.1, 0.15) is 6.10 Å². The molecule has 1 aromatic rings. The SMILES string of the molecule is C=C(C)C(=O)NC(=O)NC1=CS(=O)(=O)OC12C(O[Si](C)(C)C(C)(C)C)O[C@@H](n1cc(C)c(=O)n(C)c1=O)C2O[Si](C)(C)C(C)(C)C. The van der Waals surface area contributed by atoms with Crippen LogP contribution in [-0.4, -0.2) is 64.1 Å². The van der Waals surface area contributed by atoms with Crippen LogP contribution in [0, 0.1) is 6.92 Å². The van der Waals surface area contributed by atoms with Crippen molar-refractivity contribution in [1.29, 1.82) is 0 Å². The molecule has 258 valence electrons. The van der Waals surface area contributed by atoms with Crippen LogP contribution < -0.4 is 21.9 Å². The fourth-order valence-corrected chi connectivity index (χ4v) is 8.06. The molecule has 0 saturated carbocycles. The Bertz CT molecular complexity index is 1700. The van der Waals surface area contributed by atoms with Gasteiger partial charge < -0.3 is 18.9 Å². The van der Waals surface area contributed by atoms with Gasteiger partial charge in [-0.2, -0.15) is 8.42 Å². The highest BCUT2D eigenvalue weighted by molar-refractivity contribution is 7.90. The minimum Gasteiger partial charge on any atom is -0.406 e. The van der Waals surface area contributed by atoms with Crippen molar-refractivity contribution >= 4 is 38.7 Å². The summed E-state index contributed by atoms with van der Waals surface area (Å²) in [5.74, 6) is -0.787. The van der Waals surface area contributed by atoms with Crippen LogP contribution >= 0.6 is 0 Å². The molecular formula is C29H48N4O10SSi2. The lowest BCUT2D eigenvalue weighted by atomic mass is 9.93. The van der Waals surface area contributed by atoms with Crippen molar-refractivity contribution in [1.82, 2.24) is 19.8 Å². The van der Waals surface area contributed by atoms with Crippen LogP contribution in [0.25, 0.3) is 0 Å². The van der Waals surface area contributed by atoms with E-state index >= 15 is 0 Å². The van der Waals surface area contributed by atoms with E-state index in [-0.39, 0.29) is 16.8 Å². The van der Waals surface area contributed by atoms with Crippen molar-refractivity contribution in [3.8, 4) is 0 Å². The summed E-state index contributed by atoms with van der Waals surface area (Å²) in [5, 5.41) is 4.47. The quantitative estimate of drug-likeness (QED) is 0.244. The molecule has 0 aliphatic carbocycles. The van der Waals surface area contributed by atoms with Gasteiger partial charge in [0.2, 0.25) is 5.60 Å². The number of nitrogens with one attached hydrogen (secondary N) is 2. The molecule has 0 bridgehead atoms. The van der Waals surface area contributed by atoms with E-state index in [4.69, 9.17) is 17.8 Å². The number of imide groups is 1. The summed E-state index contributed by atoms with van der Waals surface area (Å²) in [7, 11) is -8.91. The third-order valence-corrected chi connectivity index (χ3v) is 19.2. The number of ether oxygens (including phenoxy) is 1. The Balaban J connectivity index is 2.41. The number of carbonyl (C=O) groups is 2. The highest BCUT2D eigenvalue weighted by atomic mass is 32.2. The van der Waals surface area contributed by atoms with Gasteiger partial charge in [0.25, 0.3) is 21.6 Å². The first-order chi connectivity index (χ1) is 20.6.